The van der Waals surface area contributed by atoms with Crippen LogP contribution in [0.4, 0.5) is 4.79 Å². The van der Waals surface area contributed by atoms with Crippen LogP contribution in [0.2, 0.25) is 0 Å². The van der Waals surface area contributed by atoms with Crippen molar-refractivity contribution < 1.29 is 14.6 Å². The van der Waals surface area contributed by atoms with E-state index in [0.29, 0.717) is 18.8 Å². The number of para-hydroxylation sites is 1. The second-order valence-electron chi connectivity index (χ2n) is 5.64. The summed E-state index contributed by atoms with van der Waals surface area (Å²) in [7, 11) is 1.49. The molecule has 0 fully saturated rings. The van der Waals surface area contributed by atoms with Gasteiger partial charge in [-0.1, -0.05) is 24.3 Å². The number of hydrogen-bond acceptors (Lipinski definition) is 4. The molecule has 0 unspecified atom stereocenters. The number of phenolic OH excluding ortho intramolecular Hbond substituents is 1. The highest BCUT2D eigenvalue weighted by molar-refractivity contribution is 5.74. The molecule has 3 N–H and O–H groups in total. The second kappa shape index (κ2) is 8.06. The summed E-state index contributed by atoms with van der Waals surface area (Å²) in [5.74, 6) is 0.441. The molecular weight excluding hydrogens is 332 g/mol. The third-order valence-corrected chi connectivity index (χ3v) is 3.91. The van der Waals surface area contributed by atoms with Gasteiger partial charge in [-0.15, -0.1) is 0 Å². The van der Waals surface area contributed by atoms with Crippen LogP contribution in [0.3, 0.4) is 0 Å². The molecule has 2 aromatic carbocycles. The minimum absolute atomic E-state index is 0.0430. The third kappa shape index (κ3) is 4.13. The van der Waals surface area contributed by atoms with Crippen molar-refractivity contribution >= 4 is 6.03 Å². The van der Waals surface area contributed by atoms with Gasteiger partial charge in [0.25, 0.3) is 0 Å². The number of nitrogens with one attached hydrogen (secondary N) is 2. The van der Waals surface area contributed by atoms with Crippen molar-refractivity contribution in [2.75, 3.05) is 7.11 Å². The standard InChI is InChI=1S/C19H20N4O3/c1-26-18-7-6-14(10-17(18)24)11-21-19(25)22-12-15-4-2-3-5-16(15)23-9-8-20-13-23/h2-10,13,24H,11-12H2,1H3,(H2,21,22,25). The van der Waals surface area contributed by atoms with E-state index in [-0.39, 0.29) is 11.8 Å². The smallest absolute Gasteiger partial charge is 0.315 e. The fourth-order valence-electron chi connectivity index (χ4n) is 2.58. The molecule has 0 aliphatic heterocycles. The Labute approximate surface area is 151 Å². The summed E-state index contributed by atoms with van der Waals surface area (Å²) in [5.41, 5.74) is 2.71. The molecule has 7 heteroatoms. The molecule has 0 atom stereocenters. The van der Waals surface area contributed by atoms with E-state index >= 15 is 0 Å². The van der Waals surface area contributed by atoms with Crippen molar-refractivity contribution in [3.05, 3.63) is 72.3 Å². The van der Waals surface area contributed by atoms with Crippen LogP contribution in [0.1, 0.15) is 11.1 Å². The maximum atomic E-state index is 12.1. The molecule has 1 heterocycles. The molecule has 134 valence electrons. The Hall–Kier alpha value is -3.48. The second-order valence-corrected chi connectivity index (χ2v) is 5.64. The highest BCUT2D eigenvalue weighted by Crippen LogP contribution is 2.26. The topological polar surface area (TPSA) is 88.4 Å². The lowest BCUT2D eigenvalue weighted by Gasteiger charge is -2.12. The van der Waals surface area contributed by atoms with E-state index in [0.717, 1.165) is 16.8 Å². The molecule has 0 saturated heterocycles. The number of carbonyl (C=O) groups excluding carboxylic acids is 1. The van der Waals surface area contributed by atoms with Gasteiger partial charge in [0.2, 0.25) is 0 Å². The van der Waals surface area contributed by atoms with Gasteiger partial charge in [0.05, 0.1) is 19.1 Å². The van der Waals surface area contributed by atoms with Gasteiger partial charge in [-0.3, -0.25) is 0 Å². The summed E-state index contributed by atoms with van der Waals surface area (Å²) < 4.78 is 6.90. The monoisotopic (exact) mass is 352 g/mol. The Morgan fingerprint density at radius 2 is 2.00 bits per heavy atom. The zero-order chi connectivity index (χ0) is 18.4. The van der Waals surface area contributed by atoms with Crippen molar-refractivity contribution in [3.63, 3.8) is 0 Å². The summed E-state index contributed by atoms with van der Waals surface area (Å²) in [6.45, 7) is 0.681. The van der Waals surface area contributed by atoms with Crippen LogP contribution in [0.15, 0.2) is 61.2 Å². The van der Waals surface area contributed by atoms with E-state index in [4.69, 9.17) is 4.74 Å². The molecule has 0 spiro atoms. The fourth-order valence-corrected chi connectivity index (χ4v) is 2.58. The molecule has 1 aromatic heterocycles. The van der Waals surface area contributed by atoms with E-state index in [1.807, 2.05) is 35.0 Å². The fraction of sp³-hybridized carbons (Fsp3) is 0.158. The maximum Gasteiger partial charge on any atom is 0.315 e. The Morgan fingerprint density at radius 1 is 1.19 bits per heavy atom. The van der Waals surface area contributed by atoms with Crippen molar-refractivity contribution in [1.82, 2.24) is 20.2 Å². The number of carbonyl (C=O) groups is 1. The lowest BCUT2D eigenvalue weighted by atomic mass is 10.1. The summed E-state index contributed by atoms with van der Waals surface area (Å²) in [4.78, 5) is 16.1. The minimum atomic E-state index is -0.291. The van der Waals surface area contributed by atoms with Crippen LogP contribution in [-0.2, 0) is 13.1 Å². The Morgan fingerprint density at radius 3 is 2.73 bits per heavy atom. The Balaban J connectivity index is 1.56. The normalized spacial score (nSPS) is 10.3. The van der Waals surface area contributed by atoms with Gasteiger partial charge in [-0.25, -0.2) is 9.78 Å². The molecule has 0 aliphatic rings. The first-order chi connectivity index (χ1) is 12.7. The quantitative estimate of drug-likeness (QED) is 0.636. The molecule has 7 nitrogen and oxygen atoms in total. The Bertz CT molecular complexity index is 878. The van der Waals surface area contributed by atoms with E-state index in [9.17, 15) is 9.90 Å². The number of nitrogens with zero attached hydrogens (tertiary/aromatic N) is 2. The number of ether oxygens (including phenoxy) is 1. The molecule has 0 radical (unpaired) electrons. The van der Waals surface area contributed by atoms with Gasteiger partial charge < -0.3 is 25.0 Å². The number of imidazole rings is 1. The largest absolute Gasteiger partial charge is 0.504 e. The molecule has 0 saturated carbocycles. The molecule has 2 amide bonds. The average Bonchev–Trinajstić information content (AvgIpc) is 3.19. The van der Waals surface area contributed by atoms with Gasteiger partial charge in [0.1, 0.15) is 0 Å². The van der Waals surface area contributed by atoms with Crippen LogP contribution >= 0.6 is 0 Å². The number of rotatable bonds is 6. The van der Waals surface area contributed by atoms with Crippen molar-refractivity contribution in [1.29, 1.82) is 0 Å². The number of benzene rings is 2. The molecule has 0 aliphatic carbocycles. The third-order valence-electron chi connectivity index (χ3n) is 3.91. The van der Waals surface area contributed by atoms with E-state index in [1.54, 1.807) is 30.7 Å². The lowest BCUT2D eigenvalue weighted by molar-refractivity contribution is 0.240. The number of phenols is 1. The minimum Gasteiger partial charge on any atom is -0.504 e. The Kier molecular flexibility index (Phi) is 5.38. The van der Waals surface area contributed by atoms with E-state index < -0.39 is 0 Å². The first-order valence-electron chi connectivity index (χ1n) is 8.11. The van der Waals surface area contributed by atoms with Crippen LogP contribution in [0.5, 0.6) is 11.5 Å². The van der Waals surface area contributed by atoms with Gasteiger partial charge in [0.15, 0.2) is 11.5 Å². The lowest BCUT2D eigenvalue weighted by Crippen LogP contribution is -2.34. The van der Waals surface area contributed by atoms with Crippen molar-refractivity contribution in [2.24, 2.45) is 0 Å². The molecule has 0 bridgehead atoms. The number of hydrogen-bond donors (Lipinski definition) is 3. The predicted molar refractivity (Wildman–Crippen MR) is 97.3 cm³/mol. The molecule has 3 aromatic rings. The molecule has 3 rings (SSSR count). The average molecular weight is 352 g/mol. The first-order valence-corrected chi connectivity index (χ1v) is 8.11. The van der Waals surface area contributed by atoms with Gasteiger partial charge in [-0.05, 0) is 29.3 Å². The number of amides is 2. The van der Waals surface area contributed by atoms with Crippen molar-refractivity contribution in [2.45, 2.75) is 13.1 Å². The number of aromatic nitrogens is 2. The predicted octanol–water partition coefficient (Wildman–Crippen LogP) is 2.59. The SMILES string of the molecule is COc1ccc(CNC(=O)NCc2ccccc2-n2ccnc2)cc1O. The van der Waals surface area contributed by atoms with E-state index in [1.165, 1.54) is 7.11 Å². The van der Waals surface area contributed by atoms with Gasteiger partial charge >= 0.3 is 6.03 Å². The summed E-state index contributed by atoms with van der Waals surface area (Å²) in [6, 6.07) is 12.5. The number of urea groups is 1. The van der Waals surface area contributed by atoms with Crippen molar-refractivity contribution in [3.8, 4) is 17.2 Å². The summed E-state index contributed by atoms with van der Waals surface area (Å²) in [5, 5.41) is 15.4. The molecule has 26 heavy (non-hydrogen) atoms. The van der Waals surface area contributed by atoms with Crippen LogP contribution in [-0.4, -0.2) is 27.8 Å². The zero-order valence-electron chi connectivity index (χ0n) is 14.3. The zero-order valence-corrected chi connectivity index (χ0v) is 14.3. The van der Waals surface area contributed by atoms with Crippen LogP contribution in [0, 0.1) is 0 Å². The van der Waals surface area contributed by atoms with Gasteiger partial charge in [-0.2, -0.15) is 0 Å². The van der Waals surface area contributed by atoms with Crippen LogP contribution < -0.4 is 15.4 Å². The van der Waals surface area contributed by atoms with Gasteiger partial charge in [0, 0.05) is 25.5 Å². The summed E-state index contributed by atoms with van der Waals surface area (Å²) >= 11 is 0. The first kappa shape index (κ1) is 17.3. The number of methoxy groups -OCH3 is 1. The maximum absolute atomic E-state index is 12.1. The highest BCUT2D eigenvalue weighted by atomic mass is 16.5. The van der Waals surface area contributed by atoms with E-state index in [2.05, 4.69) is 15.6 Å². The molecular formula is C19H20N4O3. The highest BCUT2D eigenvalue weighted by Gasteiger charge is 2.07. The summed E-state index contributed by atoms with van der Waals surface area (Å²) in [6.07, 6.45) is 5.28. The van der Waals surface area contributed by atoms with Crippen LogP contribution in [0.25, 0.3) is 5.69 Å². The number of aromatic hydroxyl groups is 1.